The summed E-state index contributed by atoms with van der Waals surface area (Å²) in [5, 5.41) is 19.8. The van der Waals surface area contributed by atoms with Crippen LogP contribution in [0.4, 0.5) is 5.69 Å². The van der Waals surface area contributed by atoms with Crippen LogP contribution in [0.25, 0.3) is 6.08 Å². The van der Waals surface area contributed by atoms with Gasteiger partial charge in [0.1, 0.15) is 11.6 Å². The number of nitro groups is 1. The molecule has 6 heteroatoms. The zero-order chi connectivity index (χ0) is 15.9. The third-order valence-corrected chi connectivity index (χ3v) is 3.66. The second-order valence-electron chi connectivity index (χ2n) is 5.22. The summed E-state index contributed by atoms with van der Waals surface area (Å²) in [4.78, 5) is 24.2. The molecule has 0 N–H and O–H groups in total. The smallest absolute Gasteiger partial charge is 0.269 e. The van der Waals surface area contributed by atoms with Crippen LogP contribution in [0.5, 0.6) is 0 Å². The summed E-state index contributed by atoms with van der Waals surface area (Å²) >= 11 is 0. The minimum absolute atomic E-state index is 0.0190. The molecule has 1 aliphatic heterocycles. The molecule has 1 fully saturated rings. The van der Waals surface area contributed by atoms with Crippen LogP contribution in [0.15, 0.2) is 29.8 Å². The highest BCUT2D eigenvalue weighted by Crippen LogP contribution is 2.17. The Balaban J connectivity index is 2.17. The van der Waals surface area contributed by atoms with Gasteiger partial charge < -0.3 is 4.90 Å². The minimum Gasteiger partial charge on any atom is -0.338 e. The lowest BCUT2D eigenvalue weighted by Gasteiger charge is -2.19. The van der Waals surface area contributed by atoms with Crippen molar-refractivity contribution < 1.29 is 9.72 Å². The molecule has 1 saturated heterocycles. The molecule has 1 aromatic carbocycles. The predicted octanol–water partition coefficient (Wildman–Crippen LogP) is 2.90. The summed E-state index contributed by atoms with van der Waals surface area (Å²) in [7, 11) is 0. The predicted molar refractivity (Wildman–Crippen MR) is 81.7 cm³/mol. The second-order valence-corrected chi connectivity index (χ2v) is 5.22. The minimum atomic E-state index is -0.485. The van der Waals surface area contributed by atoms with Crippen LogP contribution in [-0.4, -0.2) is 28.8 Å². The molecule has 22 heavy (non-hydrogen) atoms. The number of hydrogen-bond donors (Lipinski definition) is 0. The number of nitro benzene ring substituents is 1. The van der Waals surface area contributed by atoms with Crippen molar-refractivity contribution in [2.24, 2.45) is 0 Å². The van der Waals surface area contributed by atoms with Gasteiger partial charge in [-0.2, -0.15) is 5.26 Å². The highest BCUT2D eigenvalue weighted by atomic mass is 16.6. The number of carbonyl (C=O) groups is 1. The van der Waals surface area contributed by atoms with Crippen LogP contribution in [-0.2, 0) is 4.79 Å². The number of benzene rings is 1. The Bertz CT molecular complexity index is 621. The average Bonchev–Trinajstić information content (AvgIpc) is 2.81. The van der Waals surface area contributed by atoms with Crippen LogP contribution in [0.1, 0.15) is 31.2 Å². The van der Waals surface area contributed by atoms with Crippen molar-refractivity contribution in [3.8, 4) is 6.07 Å². The molecule has 114 valence electrons. The number of non-ortho nitro benzene ring substituents is 1. The van der Waals surface area contributed by atoms with Crippen LogP contribution >= 0.6 is 0 Å². The van der Waals surface area contributed by atoms with Crippen molar-refractivity contribution in [1.29, 1.82) is 5.26 Å². The number of hydrogen-bond acceptors (Lipinski definition) is 4. The number of rotatable bonds is 3. The molecule has 2 rings (SSSR count). The molecule has 0 unspecified atom stereocenters. The molecule has 0 aromatic heterocycles. The van der Waals surface area contributed by atoms with Crippen molar-refractivity contribution in [3.63, 3.8) is 0 Å². The molecule has 1 aromatic rings. The zero-order valence-corrected chi connectivity index (χ0v) is 12.2. The number of carbonyl (C=O) groups excluding carboxylic acids is 1. The van der Waals surface area contributed by atoms with Crippen molar-refractivity contribution in [1.82, 2.24) is 4.90 Å². The lowest BCUT2D eigenvalue weighted by Crippen LogP contribution is -2.32. The van der Waals surface area contributed by atoms with Crippen molar-refractivity contribution >= 4 is 17.7 Å². The van der Waals surface area contributed by atoms with E-state index in [1.807, 2.05) is 6.07 Å². The fraction of sp³-hybridized carbons (Fsp3) is 0.375. The van der Waals surface area contributed by atoms with Gasteiger partial charge in [-0.05, 0) is 36.6 Å². The summed E-state index contributed by atoms with van der Waals surface area (Å²) < 4.78 is 0. The van der Waals surface area contributed by atoms with Crippen LogP contribution < -0.4 is 0 Å². The van der Waals surface area contributed by atoms with Gasteiger partial charge >= 0.3 is 0 Å². The van der Waals surface area contributed by atoms with Crippen molar-refractivity contribution in [2.75, 3.05) is 13.1 Å². The third kappa shape index (κ3) is 3.92. The molecule has 0 saturated carbocycles. The summed E-state index contributed by atoms with van der Waals surface area (Å²) in [5.74, 6) is -0.261. The first-order valence-electron chi connectivity index (χ1n) is 7.27. The fourth-order valence-corrected chi connectivity index (χ4v) is 2.44. The Morgan fingerprint density at radius 1 is 1.18 bits per heavy atom. The van der Waals surface area contributed by atoms with E-state index >= 15 is 0 Å². The van der Waals surface area contributed by atoms with Gasteiger partial charge in [0.25, 0.3) is 11.6 Å². The Morgan fingerprint density at radius 3 is 2.27 bits per heavy atom. The lowest BCUT2D eigenvalue weighted by molar-refractivity contribution is -0.384. The van der Waals surface area contributed by atoms with Gasteiger partial charge in [-0.25, -0.2) is 0 Å². The Kier molecular flexibility index (Phi) is 5.26. The highest BCUT2D eigenvalue weighted by molar-refractivity contribution is 6.01. The monoisotopic (exact) mass is 299 g/mol. The van der Waals surface area contributed by atoms with E-state index in [0.717, 1.165) is 25.7 Å². The van der Waals surface area contributed by atoms with E-state index in [9.17, 15) is 20.2 Å². The van der Waals surface area contributed by atoms with Crippen molar-refractivity contribution in [3.05, 3.63) is 45.5 Å². The van der Waals surface area contributed by atoms with E-state index in [0.29, 0.717) is 18.7 Å². The second kappa shape index (κ2) is 7.36. The van der Waals surface area contributed by atoms with Gasteiger partial charge in [-0.15, -0.1) is 0 Å². The van der Waals surface area contributed by atoms with Crippen LogP contribution in [0.2, 0.25) is 0 Å². The van der Waals surface area contributed by atoms with E-state index in [2.05, 4.69) is 0 Å². The molecule has 1 aliphatic rings. The molecule has 6 nitrogen and oxygen atoms in total. The molecular formula is C16H17N3O3. The van der Waals surface area contributed by atoms with Gasteiger partial charge in [-0.3, -0.25) is 14.9 Å². The first kappa shape index (κ1) is 15.7. The normalized spacial score (nSPS) is 15.8. The molecule has 0 aliphatic carbocycles. The molecular weight excluding hydrogens is 282 g/mol. The van der Waals surface area contributed by atoms with Gasteiger partial charge in [0.05, 0.1) is 4.92 Å². The van der Waals surface area contributed by atoms with Gasteiger partial charge in [0, 0.05) is 25.2 Å². The Hall–Kier alpha value is -2.68. The summed E-state index contributed by atoms with van der Waals surface area (Å²) in [5.41, 5.74) is 0.649. The first-order chi connectivity index (χ1) is 10.6. The third-order valence-electron chi connectivity index (χ3n) is 3.66. The Labute approximate surface area is 128 Å². The van der Waals surface area contributed by atoms with Gasteiger partial charge in [0.15, 0.2) is 0 Å². The van der Waals surface area contributed by atoms with Crippen LogP contribution in [0.3, 0.4) is 0 Å². The molecule has 1 heterocycles. The number of nitrogens with zero attached hydrogens (tertiary/aromatic N) is 3. The fourth-order valence-electron chi connectivity index (χ4n) is 2.44. The maximum atomic E-state index is 12.4. The van der Waals surface area contributed by atoms with Gasteiger partial charge in [0.2, 0.25) is 0 Å². The maximum Gasteiger partial charge on any atom is 0.269 e. The quantitative estimate of drug-likeness (QED) is 0.371. The molecule has 0 bridgehead atoms. The van der Waals surface area contributed by atoms with E-state index in [1.165, 1.54) is 30.3 Å². The molecule has 0 spiro atoms. The number of amides is 1. The lowest BCUT2D eigenvalue weighted by atomic mass is 10.1. The highest BCUT2D eigenvalue weighted by Gasteiger charge is 2.19. The average molecular weight is 299 g/mol. The van der Waals surface area contributed by atoms with Crippen LogP contribution in [0, 0.1) is 21.4 Å². The Morgan fingerprint density at radius 2 is 1.77 bits per heavy atom. The van der Waals surface area contributed by atoms with Gasteiger partial charge in [-0.1, -0.05) is 12.8 Å². The molecule has 1 amide bonds. The summed E-state index contributed by atoms with van der Waals surface area (Å²) in [6.45, 7) is 1.36. The first-order valence-corrected chi connectivity index (χ1v) is 7.27. The van der Waals surface area contributed by atoms with E-state index < -0.39 is 4.92 Å². The SMILES string of the molecule is N#C/C(=C/c1ccc([N+](=O)[O-])cc1)C(=O)N1CCCCCC1. The standard InChI is InChI=1S/C16H17N3O3/c17-12-14(16(20)18-9-3-1-2-4-10-18)11-13-5-7-15(8-6-13)19(21)22/h5-8,11H,1-4,9-10H2/b14-11-. The van der Waals surface area contributed by atoms with Crippen molar-refractivity contribution in [2.45, 2.75) is 25.7 Å². The molecule has 0 radical (unpaired) electrons. The summed E-state index contributed by atoms with van der Waals surface area (Å²) in [6, 6.07) is 7.72. The van der Waals surface area contributed by atoms with E-state index in [4.69, 9.17) is 0 Å². The number of likely N-dealkylation sites (tertiary alicyclic amines) is 1. The zero-order valence-electron chi connectivity index (χ0n) is 12.2. The molecule has 0 atom stereocenters. The largest absolute Gasteiger partial charge is 0.338 e. The maximum absolute atomic E-state index is 12.4. The van der Waals surface area contributed by atoms with E-state index in [1.54, 1.807) is 4.90 Å². The van der Waals surface area contributed by atoms with E-state index in [-0.39, 0.29) is 17.2 Å². The number of nitriles is 1. The summed E-state index contributed by atoms with van der Waals surface area (Å²) in [6.07, 6.45) is 5.62. The topological polar surface area (TPSA) is 87.2 Å².